The Balaban J connectivity index is 1.45. The first-order valence-electron chi connectivity index (χ1n) is 8.77. The summed E-state index contributed by atoms with van der Waals surface area (Å²) in [5, 5.41) is 0. The molecule has 25 heavy (non-hydrogen) atoms. The molecule has 1 fully saturated rings. The molecule has 2 aliphatic rings. The normalized spacial score (nSPS) is 17.9. The van der Waals surface area contributed by atoms with Gasteiger partial charge in [-0.1, -0.05) is 30.3 Å². The zero-order valence-electron chi connectivity index (χ0n) is 14.8. The third-order valence-corrected chi connectivity index (χ3v) is 5.10. The number of anilines is 2. The average molecular weight is 337 g/mol. The number of piperazine rings is 1. The molecule has 0 saturated carbocycles. The van der Waals surface area contributed by atoms with Crippen LogP contribution >= 0.6 is 0 Å². The molecular formula is C19H23N5O. The van der Waals surface area contributed by atoms with E-state index in [9.17, 15) is 4.79 Å². The molecule has 4 rings (SSSR count). The summed E-state index contributed by atoms with van der Waals surface area (Å²) in [7, 11) is 1.79. The minimum atomic E-state index is 0.0947. The largest absolute Gasteiger partial charge is 0.338 e. The molecule has 1 aromatic carbocycles. The second-order valence-corrected chi connectivity index (χ2v) is 6.79. The van der Waals surface area contributed by atoms with E-state index < -0.39 is 0 Å². The first-order chi connectivity index (χ1) is 12.1. The highest BCUT2D eigenvalue weighted by molar-refractivity contribution is 6.00. The molecule has 0 atom stereocenters. The van der Waals surface area contributed by atoms with Crippen molar-refractivity contribution in [1.29, 1.82) is 0 Å². The fraction of sp³-hybridized carbons (Fsp3) is 0.421. The quantitative estimate of drug-likeness (QED) is 0.852. The maximum atomic E-state index is 11.9. The number of likely N-dealkylation sites (N-methyl/N-ethyl adjacent to an activating group) is 1. The van der Waals surface area contributed by atoms with Crippen LogP contribution in [0.4, 0.5) is 11.8 Å². The van der Waals surface area contributed by atoms with E-state index in [1.807, 2.05) is 6.92 Å². The van der Waals surface area contributed by atoms with E-state index in [1.54, 1.807) is 11.9 Å². The fourth-order valence-corrected chi connectivity index (χ4v) is 3.53. The lowest BCUT2D eigenvalue weighted by molar-refractivity contribution is -0.117. The number of amides is 1. The Labute approximate surface area is 148 Å². The van der Waals surface area contributed by atoms with Gasteiger partial charge >= 0.3 is 0 Å². The first-order valence-corrected chi connectivity index (χ1v) is 8.77. The van der Waals surface area contributed by atoms with Crippen molar-refractivity contribution in [3.8, 4) is 0 Å². The molecule has 0 unspecified atom stereocenters. The van der Waals surface area contributed by atoms with Crippen molar-refractivity contribution < 1.29 is 4.79 Å². The number of hydrogen-bond acceptors (Lipinski definition) is 5. The first kappa shape index (κ1) is 16.0. The van der Waals surface area contributed by atoms with Gasteiger partial charge < -0.3 is 4.90 Å². The predicted molar refractivity (Wildman–Crippen MR) is 97.8 cm³/mol. The third kappa shape index (κ3) is 3.09. The summed E-state index contributed by atoms with van der Waals surface area (Å²) in [6.07, 6.45) is 0.419. The highest BCUT2D eigenvalue weighted by Gasteiger charge is 2.30. The Kier molecular flexibility index (Phi) is 4.13. The van der Waals surface area contributed by atoms with Crippen LogP contribution < -0.4 is 9.80 Å². The molecule has 0 N–H and O–H groups in total. The van der Waals surface area contributed by atoms with Crippen LogP contribution in [-0.4, -0.2) is 54.0 Å². The van der Waals surface area contributed by atoms with Crippen molar-refractivity contribution in [1.82, 2.24) is 14.9 Å². The number of nitrogens with zero attached hydrogens (tertiary/aromatic N) is 5. The van der Waals surface area contributed by atoms with Crippen LogP contribution in [0.2, 0.25) is 0 Å². The highest BCUT2D eigenvalue weighted by Crippen LogP contribution is 2.29. The van der Waals surface area contributed by atoms with E-state index in [0.29, 0.717) is 6.42 Å². The number of hydrogen-bond donors (Lipinski definition) is 0. The van der Waals surface area contributed by atoms with Gasteiger partial charge in [-0.2, -0.15) is 4.98 Å². The second kappa shape index (κ2) is 6.44. The molecule has 6 nitrogen and oxygen atoms in total. The third-order valence-electron chi connectivity index (χ3n) is 5.10. The number of benzene rings is 1. The fourth-order valence-electron chi connectivity index (χ4n) is 3.53. The molecule has 0 aliphatic carbocycles. The summed E-state index contributed by atoms with van der Waals surface area (Å²) in [5.74, 6) is 1.62. The average Bonchev–Trinajstić information content (AvgIpc) is 2.92. The molecule has 0 bridgehead atoms. The van der Waals surface area contributed by atoms with Gasteiger partial charge in [-0.15, -0.1) is 0 Å². The van der Waals surface area contributed by atoms with Crippen LogP contribution in [-0.2, 0) is 17.8 Å². The van der Waals surface area contributed by atoms with Gasteiger partial charge in [-0.05, 0) is 12.5 Å². The zero-order chi connectivity index (χ0) is 17.4. The summed E-state index contributed by atoms with van der Waals surface area (Å²) >= 11 is 0. The van der Waals surface area contributed by atoms with Crippen LogP contribution in [0, 0.1) is 6.92 Å². The Morgan fingerprint density at radius 2 is 1.76 bits per heavy atom. The standard InChI is InChI=1S/C19H23N5O/c1-14-16-12-17(25)22(2)18(16)21-19(20-14)24-10-8-23(9-11-24)13-15-6-4-3-5-7-15/h3-7H,8-13H2,1-2H3. The van der Waals surface area contributed by atoms with E-state index in [2.05, 4.69) is 50.1 Å². The van der Waals surface area contributed by atoms with E-state index >= 15 is 0 Å². The van der Waals surface area contributed by atoms with Gasteiger partial charge in [-0.25, -0.2) is 4.98 Å². The molecular weight excluding hydrogens is 314 g/mol. The number of aryl methyl sites for hydroxylation is 1. The molecule has 0 radical (unpaired) electrons. The zero-order valence-corrected chi connectivity index (χ0v) is 14.8. The number of carbonyl (C=O) groups excluding carboxylic acids is 1. The lowest BCUT2D eigenvalue weighted by Gasteiger charge is -2.35. The molecule has 1 saturated heterocycles. The van der Waals surface area contributed by atoms with Crippen molar-refractivity contribution in [2.45, 2.75) is 19.9 Å². The molecule has 1 amide bonds. The Morgan fingerprint density at radius 1 is 1.04 bits per heavy atom. The number of rotatable bonds is 3. The SMILES string of the molecule is Cc1nc(N2CCN(Cc3ccccc3)CC2)nc2c1CC(=O)N2C. The maximum Gasteiger partial charge on any atom is 0.232 e. The summed E-state index contributed by atoms with van der Waals surface area (Å²) in [6.45, 7) is 6.75. The molecule has 2 aliphatic heterocycles. The topological polar surface area (TPSA) is 52.6 Å². The lowest BCUT2D eigenvalue weighted by atomic mass is 10.2. The van der Waals surface area contributed by atoms with Crippen LogP contribution in [0.5, 0.6) is 0 Å². The smallest absolute Gasteiger partial charge is 0.232 e. The van der Waals surface area contributed by atoms with Gasteiger partial charge in [0.05, 0.1) is 6.42 Å². The van der Waals surface area contributed by atoms with Crippen molar-refractivity contribution in [2.75, 3.05) is 43.0 Å². The predicted octanol–water partition coefficient (Wildman–Crippen LogP) is 1.63. The van der Waals surface area contributed by atoms with Crippen LogP contribution in [0.1, 0.15) is 16.8 Å². The molecule has 130 valence electrons. The van der Waals surface area contributed by atoms with Crippen LogP contribution in [0.3, 0.4) is 0 Å². The van der Waals surface area contributed by atoms with Crippen molar-refractivity contribution in [2.24, 2.45) is 0 Å². The summed E-state index contributed by atoms with van der Waals surface area (Å²) in [6, 6.07) is 10.6. The van der Waals surface area contributed by atoms with Gasteiger partial charge in [0, 0.05) is 51.0 Å². The van der Waals surface area contributed by atoms with Gasteiger partial charge in [0.15, 0.2) is 0 Å². The molecule has 1 aromatic heterocycles. The molecule has 3 heterocycles. The number of carbonyl (C=O) groups is 1. The van der Waals surface area contributed by atoms with Crippen LogP contribution in [0.25, 0.3) is 0 Å². The maximum absolute atomic E-state index is 11.9. The van der Waals surface area contributed by atoms with E-state index in [-0.39, 0.29) is 5.91 Å². The minimum absolute atomic E-state index is 0.0947. The molecule has 6 heteroatoms. The number of fused-ring (bicyclic) bond motifs is 1. The molecule has 2 aromatic rings. The summed E-state index contributed by atoms with van der Waals surface area (Å²) in [4.78, 5) is 27.6. The minimum Gasteiger partial charge on any atom is -0.338 e. The summed E-state index contributed by atoms with van der Waals surface area (Å²) in [5.41, 5.74) is 3.24. The molecule has 0 spiro atoms. The van der Waals surface area contributed by atoms with Crippen LogP contribution in [0.15, 0.2) is 30.3 Å². The van der Waals surface area contributed by atoms with Crippen molar-refractivity contribution in [3.05, 3.63) is 47.2 Å². The van der Waals surface area contributed by atoms with Gasteiger partial charge in [0.25, 0.3) is 0 Å². The van der Waals surface area contributed by atoms with Crippen molar-refractivity contribution >= 4 is 17.7 Å². The highest BCUT2D eigenvalue weighted by atomic mass is 16.2. The Morgan fingerprint density at radius 3 is 2.48 bits per heavy atom. The van der Waals surface area contributed by atoms with Gasteiger partial charge in [-0.3, -0.25) is 14.6 Å². The van der Waals surface area contributed by atoms with E-state index in [4.69, 9.17) is 0 Å². The van der Waals surface area contributed by atoms with Crippen molar-refractivity contribution in [3.63, 3.8) is 0 Å². The Bertz CT molecular complexity index is 784. The Hall–Kier alpha value is -2.47. The van der Waals surface area contributed by atoms with E-state index in [1.165, 1.54) is 5.56 Å². The monoisotopic (exact) mass is 337 g/mol. The second-order valence-electron chi connectivity index (χ2n) is 6.79. The number of aromatic nitrogens is 2. The lowest BCUT2D eigenvalue weighted by Crippen LogP contribution is -2.46. The van der Waals surface area contributed by atoms with Gasteiger partial charge in [0.2, 0.25) is 11.9 Å². The summed E-state index contributed by atoms with van der Waals surface area (Å²) < 4.78 is 0. The van der Waals surface area contributed by atoms with Gasteiger partial charge in [0.1, 0.15) is 5.82 Å². The van der Waals surface area contributed by atoms with E-state index in [0.717, 1.165) is 55.7 Å².